The Morgan fingerprint density at radius 3 is 2.47 bits per heavy atom. The predicted molar refractivity (Wildman–Crippen MR) is 60.6 cm³/mol. The molecular formula is C10H16F3N4O2+. The average Bonchev–Trinajstić information content (AvgIpc) is 2.56. The van der Waals surface area contributed by atoms with Gasteiger partial charge in [-0.15, -0.1) is 0 Å². The minimum atomic E-state index is -4.70. The number of nitrogens with zero attached hydrogens (tertiary/aromatic N) is 3. The van der Waals surface area contributed by atoms with E-state index in [0.717, 1.165) is 22.9 Å². The number of alkyl halides is 3. The van der Waals surface area contributed by atoms with Crippen LogP contribution < -0.4 is 4.90 Å². The zero-order valence-corrected chi connectivity index (χ0v) is 10.9. The molecule has 0 aliphatic heterocycles. The second kappa shape index (κ2) is 5.55. The first kappa shape index (κ1) is 15.4. The van der Waals surface area contributed by atoms with Gasteiger partial charge in [-0.05, 0) is 16.3 Å². The highest BCUT2D eigenvalue weighted by Crippen LogP contribution is 2.31. The highest BCUT2D eigenvalue weighted by Gasteiger charge is 2.44. The Morgan fingerprint density at radius 1 is 1.47 bits per heavy atom. The normalized spacial score (nSPS) is 13.6. The van der Waals surface area contributed by atoms with E-state index >= 15 is 0 Å². The van der Waals surface area contributed by atoms with E-state index in [2.05, 4.69) is 4.98 Å². The Labute approximate surface area is 108 Å². The number of hydrogen-bond donors (Lipinski definition) is 1. The van der Waals surface area contributed by atoms with Crippen molar-refractivity contribution < 1.29 is 23.0 Å². The summed E-state index contributed by atoms with van der Waals surface area (Å²) in [5, 5.41) is 10.8. The molecule has 0 aromatic carbocycles. The second-order valence-corrected chi connectivity index (χ2v) is 4.40. The van der Waals surface area contributed by atoms with Gasteiger partial charge in [0.25, 0.3) is 0 Å². The molecule has 0 radical (unpaired) electrons. The maximum Gasteiger partial charge on any atom is 0.475 e. The lowest BCUT2D eigenvalue weighted by molar-refractivity contribution is -0.894. The summed E-state index contributed by atoms with van der Waals surface area (Å²) >= 11 is 0. The van der Waals surface area contributed by atoms with Crippen molar-refractivity contribution in [3.05, 3.63) is 21.6 Å². The van der Waals surface area contributed by atoms with Gasteiger partial charge >= 0.3 is 17.8 Å². The molecule has 0 spiro atoms. The van der Waals surface area contributed by atoms with Crippen LogP contribution in [0.25, 0.3) is 0 Å². The molecule has 1 N–H and O–H groups in total. The first-order valence-electron chi connectivity index (χ1n) is 5.77. The van der Waals surface area contributed by atoms with Crippen LogP contribution in [-0.4, -0.2) is 28.1 Å². The minimum absolute atomic E-state index is 0.0109. The fourth-order valence-corrected chi connectivity index (χ4v) is 1.92. The summed E-state index contributed by atoms with van der Waals surface area (Å²) < 4.78 is 38.8. The fraction of sp³-hybridized carbons (Fsp3) is 0.700. The maximum absolute atomic E-state index is 12.7. The van der Waals surface area contributed by atoms with Gasteiger partial charge in [-0.2, -0.15) is 13.2 Å². The summed E-state index contributed by atoms with van der Waals surface area (Å²) in [6, 6.07) is 0. The predicted octanol–water partition coefficient (Wildman–Crippen LogP) is 0.772. The Balaban J connectivity index is 3.21. The van der Waals surface area contributed by atoms with Crippen LogP contribution in [0.1, 0.15) is 24.9 Å². The van der Waals surface area contributed by atoms with Gasteiger partial charge in [0.05, 0.1) is 13.6 Å². The van der Waals surface area contributed by atoms with E-state index in [1.807, 2.05) is 6.92 Å². The molecule has 1 rings (SSSR count). The van der Waals surface area contributed by atoms with Gasteiger partial charge in [0.15, 0.2) is 5.69 Å². The average molecular weight is 281 g/mol. The molecule has 1 atom stereocenters. The number of aromatic nitrogens is 2. The molecule has 0 aliphatic carbocycles. The van der Waals surface area contributed by atoms with Crippen molar-refractivity contribution in [2.75, 3.05) is 13.6 Å². The molecule has 1 aromatic heterocycles. The zero-order chi connectivity index (χ0) is 14.8. The van der Waals surface area contributed by atoms with Crippen molar-refractivity contribution >= 4 is 5.82 Å². The molecule has 0 aliphatic rings. The lowest BCUT2D eigenvalue weighted by atomic mass is 10.3. The van der Waals surface area contributed by atoms with Crippen molar-refractivity contribution in [2.24, 2.45) is 7.05 Å². The minimum Gasteiger partial charge on any atom is -0.358 e. The molecule has 6 nitrogen and oxygen atoms in total. The van der Waals surface area contributed by atoms with Crippen LogP contribution in [-0.2, 0) is 19.8 Å². The number of nitro groups is 1. The lowest BCUT2D eigenvalue weighted by Crippen LogP contribution is -3.07. The van der Waals surface area contributed by atoms with Gasteiger partial charge in [0.2, 0.25) is 0 Å². The Hall–Kier alpha value is -1.64. The number of nitrogens with one attached hydrogen (secondary N) is 1. The van der Waals surface area contributed by atoms with Crippen molar-refractivity contribution in [1.29, 1.82) is 0 Å². The van der Waals surface area contributed by atoms with Crippen LogP contribution in [0.3, 0.4) is 0 Å². The van der Waals surface area contributed by atoms with Crippen LogP contribution in [0.2, 0.25) is 0 Å². The number of imidazole rings is 1. The van der Waals surface area contributed by atoms with E-state index in [1.165, 1.54) is 0 Å². The third kappa shape index (κ3) is 3.43. The van der Waals surface area contributed by atoms with Crippen LogP contribution in [0.15, 0.2) is 0 Å². The van der Waals surface area contributed by atoms with Gasteiger partial charge in [-0.25, -0.2) is 0 Å². The quantitative estimate of drug-likeness (QED) is 0.640. The van der Waals surface area contributed by atoms with Crippen molar-refractivity contribution in [3.63, 3.8) is 0 Å². The van der Waals surface area contributed by atoms with Crippen LogP contribution in [0, 0.1) is 10.1 Å². The van der Waals surface area contributed by atoms with Crippen molar-refractivity contribution in [2.45, 2.75) is 26.1 Å². The van der Waals surface area contributed by atoms with Crippen LogP contribution in [0.4, 0.5) is 19.0 Å². The molecule has 1 aromatic rings. The summed E-state index contributed by atoms with van der Waals surface area (Å²) in [5.41, 5.74) is -0.0109. The van der Waals surface area contributed by atoms with Gasteiger partial charge in [-0.1, -0.05) is 6.92 Å². The molecule has 9 heteroatoms. The van der Waals surface area contributed by atoms with E-state index in [9.17, 15) is 23.3 Å². The van der Waals surface area contributed by atoms with Gasteiger partial charge < -0.3 is 15.0 Å². The standard InChI is InChI=1S/C10H15F3N4O2/c1-4-5-15(2)6-7-8(17(18)19)14-9(16(7)3)10(11,12)13/h4-6H2,1-3H3/p+1. The molecule has 1 heterocycles. The molecule has 1 unspecified atom stereocenters. The van der Waals surface area contributed by atoms with Crippen molar-refractivity contribution in [1.82, 2.24) is 9.55 Å². The smallest absolute Gasteiger partial charge is 0.358 e. The number of hydrogen-bond acceptors (Lipinski definition) is 3. The zero-order valence-electron chi connectivity index (χ0n) is 10.9. The van der Waals surface area contributed by atoms with Gasteiger partial charge in [-0.3, -0.25) is 4.57 Å². The summed E-state index contributed by atoms with van der Waals surface area (Å²) in [6.07, 6.45) is -3.86. The molecule has 0 saturated heterocycles. The van der Waals surface area contributed by atoms with E-state index in [1.54, 1.807) is 7.05 Å². The molecule has 0 amide bonds. The first-order valence-corrected chi connectivity index (χ1v) is 5.77. The summed E-state index contributed by atoms with van der Waals surface area (Å²) in [5.74, 6) is -1.95. The monoisotopic (exact) mass is 281 g/mol. The highest BCUT2D eigenvalue weighted by molar-refractivity contribution is 5.30. The lowest BCUT2D eigenvalue weighted by Gasteiger charge is -2.12. The summed E-state index contributed by atoms with van der Waals surface area (Å²) in [7, 11) is 2.92. The van der Waals surface area contributed by atoms with Crippen LogP contribution in [0.5, 0.6) is 0 Å². The van der Waals surface area contributed by atoms with Crippen LogP contribution >= 0.6 is 0 Å². The SMILES string of the molecule is CCC[NH+](C)Cc1c([N+](=O)[O-])nc(C(F)(F)F)n1C. The Kier molecular flexibility index (Phi) is 4.51. The third-order valence-corrected chi connectivity index (χ3v) is 2.76. The third-order valence-electron chi connectivity index (χ3n) is 2.76. The number of quaternary nitrogens is 1. The van der Waals surface area contributed by atoms with Gasteiger partial charge in [0.1, 0.15) is 6.54 Å². The summed E-state index contributed by atoms with van der Waals surface area (Å²) in [4.78, 5) is 13.9. The highest BCUT2D eigenvalue weighted by atomic mass is 19.4. The largest absolute Gasteiger partial charge is 0.475 e. The molecule has 0 bridgehead atoms. The molecular weight excluding hydrogens is 265 g/mol. The topological polar surface area (TPSA) is 65.4 Å². The first-order chi connectivity index (χ1) is 8.68. The second-order valence-electron chi connectivity index (χ2n) is 4.40. The molecule has 19 heavy (non-hydrogen) atoms. The van der Waals surface area contributed by atoms with E-state index < -0.39 is 22.7 Å². The molecule has 0 fully saturated rings. The number of halogens is 3. The van der Waals surface area contributed by atoms with E-state index in [0.29, 0.717) is 6.54 Å². The van der Waals surface area contributed by atoms with E-state index in [-0.39, 0.29) is 12.2 Å². The maximum atomic E-state index is 12.7. The number of rotatable bonds is 5. The van der Waals surface area contributed by atoms with Crippen molar-refractivity contribution in [3.8, 4) is 0 Å². The van der Waals surface area contributed by atoms with Gasteiger partial charge in [0, 0.05) is 7.05 Å². The molecule has 0 saturated carbocycles. The molecule has 108 valence electrons. The van der Waals surface area contributed by atoms with E-state index in [4.69, 9.17) is 0 Å². The summed E-state index contributed by atoms with van der Waals surface area (Å²) in [6.45, 7) is 2.77. The Bertz CT molecular complexity index is 470. The fourth-order valence-electron chi connectivity index (χ4n) is 1.92. The Morgan fingerprint density at radius 2 is 2.05 bits per heavy atom.